The van der Waals surface area contributed by atoms with Crippen molar-refractivity contribution in [2.45, 2.75) is 6.18 Å². The van der Waals surface area contributed by atoms with Crippen LogP contribution < -0.4 is 16.3 Å². The van der Waals surface area contributed by atoms with Crippen LogP contribution in [0.2, 0.25) is 0 Å². The van der Waals surface area contributed by atoms with E-state index < -0.39 is 11.7 Å². The van der Waals surface area contributed by atoms with Gasteiger partial charge in [-0.1, -0.05) is 18.2 Å². The van der Waals surface area contributed by atoms with E-state index in [9.17, 15) is 13.2 Å². The number of halogens is 3. The van der Waals surface area contributed by atoms with E-state index >= 15 is 0 Å². The van der Waals surface area contributed by atoms with Crippen LogP contribution in [0.5, 0.6) is 0 Å². The number of amidine groups is 1. The maximum atomic E-state index is 12.8. The Morgan fingerprint density at radius 3 is 2.57 bits per heavy atom. The Kier molecular flexibility index (Phi) is 3.83. The highest BCUT2D eigenvalue weighted by Crippen LogP contribution is 2.31. The molecule has 0 fully saturated rings. The van der Waals surface area contributed by atoms with Crippen LogP contribution in [-0.2, 0) is 6.18 Å². The Morgan fingerprint density at radius 2 is 1.87 bits per heavy atom. The van der Waals surface area contributed by atoms with E-state index in [0.29, 0.717) is 17.2 Å². The van der Waals surface area contributed by atoms with E-state index in [1.165, 1.54) is 6.07 Å². The number of nitrogens with zero attached hydrogens (tertiary/aromatic N) is 2. The number of rotatable bonds is 3. The van der Waals surface area contributed by atoms with Crippen molar-refractivity contribution in [1.82, 2.24) is 16.1 Å². The molecule has 1 aliphatic heterocycles. The standard InChI is InChI=1S/C15H14F3N5/c1-23-21-14(20-22-23)12-7-2-3-8-13(12)19-11-6-4-5-10(9-11)15(16,17)18/h2-9,19,22H,1H3,(H,20,21). The van der Waals surface area contributed by atoms with Gasteiger partial charge in [-0.3, -0.25) is 5.43 Å². The number of anilines is 2. The Labute approximate surface area is 130 Å². The zero-order chi connectivity index (χ0) is 16.4. The molecule has 0 spiro atoms. The van der Waals surface area contributed by atoms with Gasteiger partial charge in [0.25, 0.3) is 0 Å². The summed E-state index contributed by atoms with van der Waals surface area (Å²) < 4.78 is 38.4. The van der Waals surface area contributed by atoms with Crippen molar-refractivity contribution in [3.8, 4) is 0 Å². The van der Waals surface area contributed by atoms with Gasteiger partial charge in [0.2, 0.25) is 0 Å². The van der Waals surface area contributed by atoms with Gasteiger partial charge in [0.15, 0.2) is 5.84 Å². The number of alkyl halides is 3. The SMILES string of the molecule is CN1NN=C(c2ccccc2Nc2cccc(C(F)(F)F)c2)N1. The molecule has 0 saturated carbocycles. The molecule has 0 radical (unpaired) electrons. The van der Waals surface area contributed by atoms with Crippen LogP contribution in [0.4, 0.5) is 24.5 Å². The van der Waals surface area contributed by atoms with Gasteiger partial charge in [0, 0.05) is 24.0 Å². The summed E-state index contributed by atoms with van der Waals surface area (Å²) in [5.74, 6) is 0.572. The molecule has 3 rings (SSSR count). The Morgan fingerprint density at radius 1 is 1.09 bits per heavy atom. The van der Waals surface area contributed by atoms with Crippen molar-refractivity contribution in [1.29, 1.82) is 0 Å². The predicted octanol–water partition coefficient (Wildman–Crippen LogP) is 3.07. The van der Waals surface area contributed by atoms with E-state index in [1.807, 2.05) is 12.1 Å². The molecule has 2 aromatic carbocycles. The Hall–Kier alpha value is -2.74. The molecule has 8 heteroatoms. The molecular weight excluding hydrogens is 307 g/mol. The lowest BCUT2D eigenvalue weighted by Gasteiger charge is -2.14. The first-order valence-electron chi connectivity index (χ1n) is 6.81. The molecular formula is C15H14F3N5. The third-order valence-corrected chi connectivity index (χ3v) is 3.24. The number of hydrogen-bond acceptors (Lipinski definition) is 5. The summed E-state index contributed by atoms with van der Waals surface area (Å²) in [4.78, 5) is 0. The van der Waals surface area contributed by atoms with E-state index in [1.54, 1.807) is 30.4 Å². The highest BCUT2D eigenvalue weighted by atomic mass is 19.4. The third-order valence-electron chi connectivity index (χ3n) is 3.24. The highest BCUT2D eigenvalue weighted by Gasteiger charge is 2.30. The second kappa shape index (κ2) is 5.81. The van der Waals surface area contributed by atoms with Gasteiger partial charge in [-0.05, 0) is 30.3 Å². The summed E-state index contributed by atoms with van der Waals surface area (Å²) in [5, 5.41) is 8.68. The summed E-state index contributed by atoms with van der Waals surface area (Å²) in [7, 11) is 1.75. The van der Waals surface area contributed by atoms with Crippen molar-refractivity contribution >= 4 is 17.2 Å². The van der Waals surface area contributed by atoms with E-state index in [4.69, 9.17) is 0 Å². The molecule has 3 N–H and O–H groups in total. The van der Waals surface area contributed by atoms with Gasteiger partial charge in [-0.15, -0.1) is 10.2 Å². The summed E-state index contributed by atoms with van der Waals surface area (Å²) in [6.45, 7) is 0. The van der Waals surface area contributed by atoms with Crippen LogP contribution in [0.15, 0.2) is 53.6 Å². The number of para-hydroxylation sites is 1. The average molecular weight is 321 g/mol. The van der Waals surface area contributed by atoms with Crippen LogP contribution in [0, 0.1) is 0 Å². The van der Waals surface area contributed by atoms with Gasteiger partial charge in [-0.25, -0.2) is 5.53 Å². The summed E-state index contributed by atoms with van der Waals surface area (Å²) in [5.41, 5.74) is 6.75. The Bertz CT molecular complexity index is 742. The summed E-state index contributed by atoms with van der Waals surface area (Å²) in [6.07, 6.45) is -4.37. The minimum absolute atomic E-state index is 0.354. The van der Waals surface area contributed by atoms with Crippen LogP contribution in [0.25, 0.3) is 0 Å². The molecule has 0 atom stereocenters. The molecule has 0 bridgehead atoms. The molecule has 0 unspecified atom stereocenters. The lowest BCUT2D eigenvalue weighted by Crippen LogP contribution is -2.37. The van der Waals surface area contributed by atoms with Crippen molar-refractivity contribution in [2.75, 3.05) is 12.4 Å². The van der Waals surface area contributed by atoms with Crippen LogP contribution in [-0.4, -0.2) is 18.0 Å². The zero-order valence-electron chi connectivity index (χ0n) is 12.1. The first kappa shape index (κ1) is 15.2. The van der Waals surface area contributed by atoms with Gasteiger partial charge in [-0.2, -0.15) is 13.2 Å². The molecule has 23 heavy (non-hydrogen) atoms. The minimum Gasteiger partial charge on any atom is -0.355 e. The molecule has 0 saturated heterocycles. The third kappa shape index (κ3) is 3.37. The predicted molar refractivity (Wildman–Crippen MR) is 81.7 cm³/mol. The average Bonchev–Trinajstić information content (AvgIpc) is 2.94. The van der Waals surface area contributed by atoms with Crippen molar-refractivity contribution in [3.05, 3.63) is 59.7 Å². The zero-order valence-corrected chi connectivity index (χ0v) is 12.1. The van der Waals surface area contributed by atoms with E-state index in [0.717, 1.165) is 17.7 Å². The number of hydrazine groups is 2. The maximum absolute atomic E-state index is 12.8. The molecule has 0 amide bonds. The second-order valence-corrected chi connectivity index (χ2v) is 4.98. The highest BCUT2D eigenvalue weighted by molar-refractivity contribution is 6.04. The summed E-state index contributed by atoms with van der Waals surface area (Å²) in [6, 6.07) is 12.3. The lowest BCUT2D eigenvalue weighted by atomic mass is 10.1. The van der Waals surface area contributed by atoms with E-state index in [-0.39, 0.29) is 0 Å². The second-order valence-electron chi connectivity index (χ2n) is 4.98. The summed E-state index contributed by atoms with van der Waals surface area (Å²) >= 11 is 0. The lowest BCUT2D eigenvalue weighted by molar-refractivity contribution is -0.137. The van der Waals surface area contributed by atoms with Crippen molar-refractivity contribution < 1.29 is 13.2 Å². The molecule has 0 aromatic heterocycles. The first-order valence-corrected chi connectivity index (χ1v) is 6.81. The van der Waals surface area contributed by atoms with Gasteiger partial charge in [0.05, 0.1) is 5.56 Å². The monoisotopic (exact) mass is 321 g/mol. The fourth-order valence-electron chi connectivity index (χ4n) is 2.18. The minimum atomic E-state index is -4.37. The number of benzene rings is 2. The maximum Gasteiger partial charge on any atom is 0.416 e. The fraction of sp³-hybridized carbons (Fsp3) is 0.133. The molecule has 1 heterocycles. The largest absolute Gasteiger partial charge is 0.416 e. The Balaban J connectivity index is 1.90. The quantitative estimate of drug-likeness (QED) is 0.813. The number of nitrogens with one attached hydrogen (secondary N) is 3. The van der Waals surface area contributed by atoms with Gasteiger partial charge in [0.1, 0.15) is 0 Å². The van der Waals surface area contributed by atoms with E-state index in [2.05, 4.69) is 21.4 Å². The topological polar surface area (TPSA) is 51.7 Å². The molecule has 5 nitrogen and oxygen atoms in total. The number of hydrogen-bond donors (Lipinski definition) is 3. The molecule has 0 aliphatic carbocycles. The van der Waals surface area contributed by atoms with Crippen molar-refractivity contribution in [3.63, 3.8) is 0 Å². The fourth-order valence-corrected chi connectivity index (χ4v) is 2.18. The van der Waals surface area contributed by atoms with Gasteiger partial charge < -0.3 is 5.32 Å². The molecule has 120 valence electrons. The van der Waals surface area contributed by atoms with Crippen molar-refractivity contribution in [2.24, 2.45) is 5.10 Å². The van der Waals surface area contributed by atoms with Crippen LogP contribution in [0.3, 0.4) is 0 Å². The first-order chi connectivity index (χ1) is 10.9. The van der Waals surface area contributed by atoms with Crippen LogP contribution >= 0.6 is 0 Å². The van der Waals surface area contributed by atoms with Crippen LogP contribution in [0.1, 0.15) is 11.1 Å². The molecule has 2 aromatic rings. The smallest absolute Gasteiger partial charge is 0.355 e. The normalized spacial score (nSPS) is 14.9. The van der Waals surface area contributed by atoms with Gasteiger partial charge >= 0.3 is 6.18 Å². The molecule has 1 aliphatic rings. The number of hydrazone groups is 1.